The predicted octanol–water partition coefficient (Wildman–Crippen LogP) is 2.23. The predicted molar refractivity (Wildman–Crippen MR) is 109 cm³/mol. The van der Waals surface area contributed by atoms with Crippen LogP contribution in [0.4, 0.5) is 0 Å². The molecule has 0 atom stereocenters. The van der Waals surface area contributed by atoms with Gasteiger partial charge in [0, 0.05) is 51.2 Å². The fourth-order valence-electron chi connectivity index (χ4n) is 2.94. The lowest BCUT2D eigenvalue weighted by Gasteiger charge is -2.36. The van der Waals surface area contributed by atoms with Crippen LogP contribution in [0.5, 0.6) is 0 Å². The number of aryl methyl sites for hydroxylation is 1. The Morgan fingerprint density at radius 1 is 1.27 bits per heavy atom. The van der Waals surface area contributed by atoms with Crippen molar-refractivity contribution < 1.29 is 0 Å². The van der Waals surface area contributed by atoms with Crippen molar-refractivity contribution in [1.82, 2.24) is 29.9 Å². The smallest absolute Gasteiger partial charge is 0.194 e. The van der Waals surface area contributed by atoms with E-state index < -0.39 is 0 Å². The molecule has 0 radical (unpaired) electrons. The Labute approximate surface area is 167 Å². The van der Waals surface area contributed by atoms with Crippen LogP contribution in [0.2, 0.25) is 0 Å². The molecule has 1 aliphatic rings. The first kappa shape index (κ1) is 19.3. The molecule has 0 unspecified atom stereocenters. The van der Waals surface area contributed by atoms with Gasteiger partial charge in [0.2, 0.25) is 0 Å². The summed E-state index contributed by atoms with van der Waals surface area (Å²) in [5.74, 6) is 2.76. The van der Waals surface area contributed by atoms with E-state index in [4.69, 9.17) is 4.99 Å². The van der Waals surface area contributed by atoms with Gasteiger partial charge < -0.3 is 14.8 Å². The van der Waals surface area contributed by atoms with Crippen LogP contribution < -0.4 is 5.32 Å². The number of hydrogen-bond donors (Lipinski definition) is 1. The molecule has 0 amide bonds. The van der Waals surface area contributed by atoms with E-state index in [1.807, 2.05) is 29.9 Å². The first-order valence-electron chi connectivity index (χ1n) is 8.91. The monoisotopic (exact) mass is 439 g/mol. The topological polar surface area (TPSA) is 61.6 Å². The van der Waals surface area contributed by atoms with Gasteiger partial charge in [0.1, 0.15) is 12.4 Å². The number of rotatable bonds is 5. The molecule has 0 saturated carbocycles. The van der Waals surface area contributed by atoms with Crippen LogP contribution >= 0.6 is 27.3 Å². The quantitative estimate of drug-likeness (QED) is 0.571. The Morgan fingerprint density at radius 3 is 2.62 bits per heavy atom. The fourth-order valence-corrected chi connectivity index (χ4v) is 4.46. The maximum absolute atomic E-state index is 4.78. The Kier molecular flexibility index (Phi) is 6.66. The van der Waals surface area contributed by atoms with Gasteiger partial charge in [0.05, 0.1) is 3.79 Å². The average Bonchev–Trinajstić information content (AvgIpc) is 3.19. The number of guanidine groups is 1. The minimum Gasteiger partial charge on any atom is -0.357 e. The van der Waals surface area contributed by atoms with Gasteiger partial charge in [-0.3, -0.25) is 4.90 Å². The van der Waals surface area contributed by atoms with Gasteiger partial charge in [-0.05, 0) is 41.9 Å². The van der Waals surface area contributed by atoms with Crippen molar-refractivity contribution in [2.75, 3.05) is 32.7 Å². The molecule has 0 aromatic carbocycles. The van der Waals surface area contributed by atoms with Crippen LogP contribution in [0.15, 0.2) is 20.9 Å². The third kappa shape index (κ3) is 4.83. The summed E-state index contributed by atoms with van der Waals surface area (Å²) in [4.78, 5) is 11.0. The largest absolute Gasteiger partial charge is 0.357 e. The van der Waals surface area contributed by atoms with E-state index in [0.29, 0.717) is 6.54 Å². The Morgan fingerprint density at radius 2 is 2.04 bits per heavy atom. The zero-order chi connectivity index (χ0) is 18.5. The summed E-state index contributed by atoms with van der Waals surface area (Å²) in [6, 6.07) is 4.33. The lowest BCUT2D eigenvalue weighted by Crippen LogP contribution is -2.52. The van der Waals surface area contributed by atoms with Crippen molar-refractivity contribution in [1.29, 1.82) is 0 Å². The van der Waals surface area contributed by atoms with Crippen LogP contribution in [0, 0.1) is 6.92 Å². The molecule has 1 N–H and O–H groups in total. The number of nitrogens with zero attached hydrogens (tertiary/aromatic N) is 6. The Hall–Kier alpha value is -1.45. The highest BCUT2D eigenvalue weighted by atomic mass is 79.9. The summed E-state index contributed by atoms with van der Waals surface area (Å²) < 4.78 is 3.19. The molecule has 9 heteroatoms. The average molecular weight is 440 g/mol. The summed E-state index contributed by atoms with van der Waals surface area (Å²) in [6.07, 6.45) is 0. The van der Waals surface area contributed by atoms with Crippen molar-refractivity contribution in [3.63, 3.8) is 0 Å². The van der Waals surface area contributed by atoms with E-state index in [9.17, 15) is 0 Å². The molecule has 7 nitrogen and oxygen atoms in total. The molecule has 2 aromatic heterocycles. The number of halogens is 1. The Balaban J connectivity index is 1.57. The summed E-state index contributed by atoms with van der Waals surface area (Å²) >= 11 is 5.36. The number of aromatic nitrogens is 3. The lowest BCUT2D eigenvalue weighted by atomic mass is 10.3. The standard InChI is InChI=1S/C17H26BrN7S/c1-4-19-17(20-11-16-22-21-13(2)23(16)3)25-9-7-24(8-10-25)12-14-5-6-15(18)26-14/h5-6H,4,7-12H2,1-3H3,(H,19,20). The maximum atomic E-state index is 4.78. The van der Waals surface area contributed by atoms with E-state index in [2.05, 4.69) is 60.3 Å². The van der Waals surface area contributed by atoms with Crippen molar-refractivity contribution in [2.24, 2.45) is 12.0 Å². The minimum atomic E-state index is 0.545. The second kappa shape index (κ2) is 8.96. The highest BCUT2D eigenvalue weighted by Crippen LogP contribution is 2.23. The molecule has 26 heavy (non-hydrogen) atoms. The van der Waals surface area contributed by atoms with E-state index in [0.717, 1.165) is 56.9 Å². The number of thiophene rings is 1. The van der Waals surface area contributed by atoms with Crippen LogP contribution in [-0.4, -0.2) is 63.2 Å². The zero-order valence-corrected chi connectivity index (χ0v) is 18.0. The van der Waals surface area contributed by atoms with E-state index in [-0.39, 0.29) is 0 Å². The van der Waals surface area contributed by atoms with Crippen LogP contribution in [-0.2, 0) is 20.1 Å². The molecule has 3 rings (SSSR count). The Bertz CT molecular complexity index is 746. The molecule has 1 fully saturated rings. The molecule has 0 aliphatic carbocycles. The summed E-state index contributed by atoms with van der Waals surface area (Å²) in [5.41, 5.74) is 0. The van der Waals surface area contributed by atoms with Crippen LogP contribution in [0.3, 0.4) is 0 Å². The van der Waals surface area contributed by atoms with Gasteiger partial charge in [-0.25, -0.2) is 4.99 Å². The summed E-state index contributed by atoms with van der Waals surface area (Å²) in [5, 5.41) is 11.7. The van der Waals surface area contributed by atoms with Crippen molar-refractivity contribution in [3.8, 4) is 0 Å². The van der Waals surface area contributed by atoms with E-state index in [1.54, 1.807) is 0 Å². The van der Waals surface area contributed by atoms with Gasteiger partial charge in [-0.15, -0.1) is 21.5 Å². The van der Waals surface area contributed by atoms with Crippen molar-refractivity contribution >= 4 is 33.2 Å². The molecule has 1 aliphatic heterocycles. The molecular weight excluding hydrogens is 414 g/mol. The van der Waals surface area contributed by atoms with Gasteiger partial charge in [-0.1, -0.05) is 0 Å². The van der Waals surface area contributed by atoms with Gasteiger partial charge >= 0.3 is 0 Å². The molecule has 1 saturated heterocycles. The molecule has 2 aromatic rings. The zero-order valence-electron chi connectivity index (χ0n) is 15.6. The van der Waals surface area contributed by atoms with Gasteiger partial charge in [0.25, 0.3) is 0 Å². The maximum Gasteiger partial charge on any atom is 0.194 e. The highest BCUT2D eigenvalue weighted by Gasteiger charge is 2.20. The third-order valence-corrected chi connectivity index (χ3v) is 6.18. The van der Waals surface area contributed by atoms with Crippen LogP contribution in [0.1, 0.15) is 23.4 Å². The highest BCUT2D eigenvalue weighted by molar-refractivity contribution is 9.11. The molecule has 0 spiro atoms. The number of hydrogen-bond acceptors (Lipinski definition) is 5. The van der Waals surface area contributed by atoms with Gasteiger partial charge in [0.15, 0.2) is 11.8 Å². The second-order valence-corrected chi connectivity index (χ2v) is 8.91. The first-order chi connectivity index (χ1) is 12.6. The van der Waals surface area contributed by atoms with E-state index >= 15 is 0 Å². The molecule has 3 heterocycles. The number of aliphatic imine (C=N–C) groups is 1. The third-order valence-electron chi connectivity index (χ3n) is 4.57. The lowest BCUT2D eigenvalue weighted by molar-refractivity contribution is 0.173. The summed E-state index contributed by atoms with van der Waals surface area (Å²) in [7, 11) is 1.98. The van der Waals surface area contributed by atoms with Crippen molar-refractivity contribution in [3.05, 3.63) is 32.4 Å². The minimum absolute atomic E-state index is 0.545. The fraction of sp³-hybridized carbons (Fsp3) is 0.588. The first-order valence-corrected chi connectivity index (χ1v) is 10.5. The molecule has 142 valence electrons. The normalized spacial score (nSPS) is 16.3. The molecule has 0 bridgehead atoms. The van der Waals surface area contributed by atoms with Gasteiger partial charge in [-0.2, -0.15) is 0 Å². The number of nitrogens with one attached hydrogen (secondary N) is 1. The second-order valence-electron chi connectivity index (χ2n) is 6.36. The van der Waals surface area contributed by atoms with Crippen LogP contribution in [0.25, 0.3) is 0 Å². The SMILES string of the molecule is CCNC(=NCc1nnc(C)n1C)N1CCN(Cc2ccc(Br)s2)CC1. The van der Waals surface area contributed by atoms with E-state index in [1.165, 1.54) is 8.66 Å². The number of piperazine rings is 1. The molecular formula is C17H26BrN7S. The summed E-state index contributed by atoms with van der Waals surface area (Å²) in [6.45, 7) is 10.5. The van der Waals surface area contributed by atoms with Crippen molar-refractivity contribution in [2.45, 2.75) is 26.9 Å².